The Morgan fingerprint density at radius 2 is 1.92 bits per heavy atom. The molecular weight excluding hydrogens is 232 g/mol. The molecule has 1 aliphatic carbocycles. The Morgan fingerprint density at radius 1 is 1.23 bits per heavy atom. The molecule has 1 saturated carbocycles. The molecule has 0 radical (unpaired) electrons. The van der Waals surface area contributed by atoms with Gasteiger partial charge in [0.25, 0.3) is 0 Å². The van der Waals surface area contributed by atoms with Crippen molar-refractivity contribution in [1.82, 2.24) is 0 Å². The monoisotopic (exact) mass is 248 g/mol. The first-order valence-corrected chi connectivity index (χ1v) is 6.14. The predicted octanol–water partition coefficient (Wildman–Crippen LogP) is 2.70. The van der Waals surface area contributed by atoms with Crippen LogP contribution < -0.4 is 0 Å². The third kappa shape index (κ3) is 1.92. The molecule has 2 rings (SSSR count). The average Bonchev–Trinajstić information content (AvgIpc) is 2.53. The molecular formula is C10H17BrO2. The minimum atomic E-state index is -0.221. The van der Waals surface area contributed by atoms with Crippen LogP contribution in [0.2, 0.25) is 0 Å². The molecule has 2 nitrogen and oxygen atoms in total. The lowest BCUT2D eigenvalue weighted by molar-refractivity contribution is -0.196. The summed E-state index contributed by atoms with van der Waals surface area (Å²) in [6.45, 7) is 3.87. The maximum absolute atomic E-state index is 5.74. The molecule has 2 aliphatic rings. The van der Waals surface area contributed by atoms with E-state index in [-0.39, 0.29) is 5.79 Å². The molecule has 2 fully saturated rings. The van der Waals surface area contributed by atoms with Crippen LogP contribution >= 0.6 is 15.9 Å². The van der Waals surface area contributed by atoms with Crippen LogP contribution in [0.4, 0.5) is 0 Å². The molecule has 3 heteroatoms. The number of hydrogen-bond donors (Lipinski definition) is 0. The van der Waals surface area contributed by atoms with Crippen molar-refractivity contribution in [2.45, 2.75) is 38.4 Å². The molecule has 1 unspecified atom stereocenters. The van der Waals surface area contributed by atoms with Crippen molar-refractivity contribution in [3.63, 3.8) is 0 Å². The summed E-state index contributed by atoms with van der Waals surface area (Å²) >= 11 is 3.59. The van der Waals surface area contributed by atoms with Crippen LogP contribution in [0.3, 0.4) is 0 Å². The summed E-state index contributed by atoms with van der Waals surface area (Å²) in [5.41, 5.74) is 0.364. The summed E-state index contributed by atoms with van der Waals surface area (Å²) in [5, 5.41) is 1.05. The van der Waals surface area contributed by atoms with Gasteiger partial charge in [-0.1, -0.05) is 22.9 Å². The van der Waals surface area contributed by atoms with Gasteiger partial charge in [0, 0.05) is 18.2 Å². The molecule has 1 spiro atoms. The number of alkyl halides is 1. The molecule has 13 heavy (non-hydrogen) atoms. The maximum Gasteiger partial charge on any atom is 0.169 e. The van der Waals surface area contributed by atoms with Crippen LogP contribution in [-0.2, 0) is 9.47 Å². The molecule has 1 saturated heterocycles. The number of halogens is 1. The zero-order valence-corrected chi connectivity index (χ0v) is 9.73. The highest BCUT2D eigenvalue weighted by atomic mass is 79.9. The Balaban J connectivity index is 2.06. The first kappa shape index (κ1) is 9.94. The lowest BCUT2D eigenvalue weighted by Crippen LogP contribution is -2.41. The van der Waals surface area contributed by atoms with E-state index in [2.05, 4.69) is 22.9 Å². The second-order valence-electron chi connectivity index (χ2n) is 4.58. The summed E-state index contributed by atoms with van der Waals surface area (Å²) in [6, 6.07) is 0. The van der Waals surface area contributed by atoms with E-state index in [1.54, 1.807) is 0 Å². The van der Waals surface area contributed by atoms with Gasteiger partial charge in [0.15, 0.2) is 5.79 Å². The van der Waals surface area contributed by atoms with Gasteiger partial charge in [0.1, 0.15) is 0 Å². The van der Waals surface area contributed by atoms with E-state index in [4.69, 9.17) is 9.47 Å². The summed E-state index contributed by atoms with van der Waals surface area (Å²) < 4.78 is 11.5. The van der Waals surface area contributed by atoms with Gasteiger partial charge in [-0.2, -0.15) is 0 Å². The van der Waals surface area contributed by atoms with Crippen LogP contribution in [-0.4, -0.2) is 24.3 Å². The van der Waals surface area contributed by atoms with Crippen LogP contribution in [0.25, 0.3) is 0 Å². The Labute approximate surface area is 88.1 Å². The molecule has 1 aliphatic heterocycles. The van der Waals surface area contributed by atoms with Gasteiger partial charge in [0.05, 0.1) is 13.2 Å². The van der Waals surface area contributed by atoms with Gasteiger partial charge in [0.2, 0.25) is 0 Å². The normalized spacial score (nSPS) is 38.3. The molecule has 0 amide bonds. The highest BCUT2D eigenvalue weighted by molar-refractivity contribution is 9.09. The summed E-state index contributed by atoms with van der Waals surface area (Å²) in [7, 11) is 0. The molecule has 0 aromatic rings. The fraction of sp³-hybridized carbons (Fsp3) is 1.00. The number of hydrogen-bond acceptors (Lipinski definition) is 2. The van der Waals surface area contributed by atoms with E-state index in [0.717, 1.165) is 31.4 Å². The first-order valence-electron chi connectivity index (χ1n) is 5.02. The van der Waals surface area contributed by atoms with E-state index >= 15 is 0 Å². The van der Waals surface area contributed by atoms with Gasteiger partial charge >= 0.3 is 0 Å². The third-order valence-electron chi connectivity index (χ3n) is 3.17. The standard InChI is InChI=1S/C10H17BrO2/c1-9(8-11)3-2-4-10(7-9)12-5-6-13-10/h2-8H2,1H3. The third-order valence-corrected chi connectivity index (χ3v) is 4.52. The van der Waals surface area contributed by atoms with Crippen molar-refractivity contribution in [2.75, 3.05) is 18.5 Å². The van der Waals surface area contributed by atoms with E-state index in [1.807, 2.05) is 0 Å². The van der Waals surface area contributed by atoms with Crippen LogP contribution in [0.5, 0.6) is 0 Å². The average molecular weight is 249 g/mol. The van der Waals surface area contributed by atoms with Gasteiger partial charge in [-0.25, -0.2) is 0 Å². The zero-order valence-electron chi connectivity index (χ0n) is 8.14. The largest absolute Gasteiger partial charge is 0.348 e. The molecule has 76 valence electrons. The predicted molar refractivity (Wildman–Crippen MR) is 55.0 cm³/mol. The van der Waals surface area contributed by atoms with E-state index in [0.29, 0.717) is 5.41 Å². The second-order valence-corrected chi connectivity index (χ2v) is 5.14. The van der Waals surface area contributed by atoms with E-state index in [9.17, 15) is 0 Å². The quantitative estimate of drug-likeness (QED) is 0.665. The summed E-state index contributed by atoms with van der Waals surface area (Å²) in [6.07, 6.45) is 4.63. The summed E-state index contributed by atoms with van der Waals surface area (Å²) in [4.78, 5) is 0. The Morgan fingerprint density at radius 3 is 2.54 bits per heavy atom. The first-order chi connectivity index (χ1) is 6.18. The fourth-order valence-corrected chi connectivity index (χ4v) is 2.95. The highest BCUT2D eigenvalue weighted by Crippen LogP contribution is 2.46. The highest BCUT2D eigenvalue weighted by Gasteiger charge is 2.45. The minimum absolute atomic E-state index is 0.221. The number of rotatable bonds is 1. The van der Waals surface area contributed by atoms with Gasteiger partial charge in [-0.3, -0.25) is 0 Å². The van der Waals surface area contributed by atoms with Crippen LogP contribution in [0.15, 0.2) is 0 Å². The molecule has 1 atom stereocenters. The maximum atomic E-state index is 5.74. The zero-order chi connectivity index (χ0) is 9.36. The second kappa shape index (κ2) is 3.52. The van der Waals surface area contributed by atoms with Crippen molar-refractivity contribution in [3.8, 4) is 0 Å². The fourth-order valence-electron chi connectivity index (χ4n) is 2.47. The van der Waals surface area contributed by atoms with Gasteiger partial charge in [-0.15, -0.1) is 0 Å². The Kier molecular flexibility index (Phi) is 2.69. The lowest BCUT2D eigenvalue weighted by Gasteiger charge is -2.42. The van der Waals surface area contributed by atoms with Gasteiger partial charge in [-0.05, 0) is 18.3 Å². The molecule has 1 heterocycles. The molecule has 0 aromatic heterocycles. The molecule has 0 bridgehead atoms. The smallest absolute Gasteiger partial charge is 0.169 e. The van der Waals surface area contributed by atoms with Gasteiger partial charge < -0.3 is 9.47 Å². The van der Waals surface area contributed by atoms with Crippen molar-refractivity contribution >= 4 is 15.9 Å². The Bertz CT molecular complexity index is 189. The minimum Gasteiger partial charge on any atom is -0.348 e. The SMILES string of the molecule is CC1(CBr)CCCC2(C1)OCCO2. The molecule has 0 aromatic carbocycles. The van der Waals surface area contributed by atoms with Crippen LogP contribution in [0.1, 0.15) is 32.6 Å². The lowest BCUT2D eigenvalue weighted by atomic mass is 9.74. The Hall–Kier alpha value is 0.400. The van der Waals surface area contributed by atoms with Crippen molar-refractivity contribution in [2.24, 2.45) is 5.41 Å². The molecule has 0 N–H and O–H groups in total. The van der Waals surface area contributed by atoms with E-state index in [1.165, 1.54) is 12.8 Å². The topological polar surface area (TPSA) is 18.5 Å². The number of ether oxygens (including phenoxy) is 2. The van der Waals surface area contributed by atoms with Crippen molar-refractivity contribution < 1.29 is 9.47 Å². The summed E-state index contributed by atoms with van der Waals surface area (Å²) in [5.74, 6) is -0.221. The van der Waals surface area contributed by atoms with Crippen LogP contribution in [0, 0.1) is 5.41 Å². The van der Waals surface area contributed by atoms with E-state index < -0.39 is 0 Å². The van der Waals surface area contributed by atoms with Crippen molar-refractivity contribution in [3.05, 3.63) is 0 Å². The van der Waals surface area contributed by atoms with Crippen molar-refractivity contribution in [1.29, 1.82) is 0 Å².